The van der Waals surface area contributed by atoms with Gasteiger partial charge in [0.25, 0.3) is 0 Å². The number of fused-ring (bicyclic) bond motifs is 3. The highest BCUT2D eigenvalue weighted by Crippen LogP contribution is 2.72. The fourth-order valence-electron chi connectivity index (χ4n) is 8.13. The van der Waals surface area contributed by atoms with E-state index in [1.165, 1.54) is 32.6 Å². The van der Waals surface area contributed by atoms with Gasteiger partial charge in [-0.15, -0.1) is 0 Å². The summed E-state index contributed by atoms with van der Waals surface area (Å²) in [5, 5.41) is 11.2. The molecule has 4 aliphatic carbocycles. The molecule has 1 N–H and O–H groups in total. The minimum Gasteiger partial charge on any atom is -0.457 e. The van der Waals surface area contributed by atoms with Crippen molar-refractivity contribution in [2.75, 3.05) is 0 Å². The summed E-state index contributed by atoms with van der Waals surface area (Å²) in [5.41, 5.74) is 1.43. The number of carbonyl (C=O) groups excluding carboxylic acids is 1. The summed E-state index contributed by atoms with van der Waals surface area (Å²) in [4.78, 5) is 11.8. The van der Waals surface area contributed by atoms with Gasteiger partial charge in [-0.3, -0.25) is 4.79 Å². The summed E-state index contributed by atoms with van der Waals surface area (Å²) < 4.78 is 5.87. The summed E-state index contributed by atoms with van der Waals surface area (Å²) >= 11 is 0. The first-order chi connectivity index (χ1) is 11.6. The number of rotatable bonds is 1. The lowest BCUT2D eigenvalue weighted by Gasteiger charge is -2.65. The van der Waals surface area contributed by atoms with Crippen molar-refractivity contribution in [2.45, 2.75) is 84.8 Å². The van der Waals surface area contributed by atoms with Crippen LogP contribution in [0.2, 0.25) is 0 Å². The van der Waals surface area contributed by atoms with Gasteiger partial charge in [0, 0.05) is 12.3 Å². The third-order valence-electron chi connectivity index (χ3n) is 8.71. The number of carbonyl (C=O) groups is 1. The number of aliphatic hydroxyl groups is 1. The zero-order valence-corrected chi connectivity index (χ0v) is 16.3. The SMILES string of the molecule is C=C1[C@@H]2C[C@@H](O)[C@H]3[C@]4(C)CCCC(C)(C)[C@@H]4CC[C@]3(C2)[C@@H]1OC(C)=O. The fraction of sp³-hybridized carbons (Fsp3) is 0.864. The first kappa shape index (κ1) is 17.6. The zero-order valence-electron chi connectivity index (χ0n) is 16.3. The monoisotopic (exact) mass is 346 g/mol. The predicted octanol–water partition coefficient (Wildman–Crippen LogP) is 4.49. The van der Waals surface area contributed by atoms with Crippen molar-refractivity contribution >= 4 is 5.97 Å². The Bertz CT molecular complexity index is 608. The predicted molar refractivity (Wildman–Crippen MR) is 97.8 cm³/mol. The van der Waals surface area contributed by atoms with E-state index in [0.717, 1.165) is 24.8 Å². The number of hydrogen-bond acceptors (Lipinski definition) is 3. The van der Waals surface area contributed by atoms with Crippen molar-refractivity contribution < 1.29 is 14.6 Å². The minimum absolute atomic E-state index is 0.0935. The molecule has 0 aliphatic heterocycles. The molecule has 7 atom stereocenters. The molecule has 0 aromatic carbocycles. The Balaban J connectivity index is 1.80. The molecule has 2 bridgehead atoms. The largest absolute Gasteiger partial charge is 0.457 e. The maximum absolute atomic E-state index is 11.8. The second-order valence-corrected chi connectivity index (χ2v) is 10.4. The van der Waals surface area contributed by atoms with Crippen LogP contribution < -0.4 is 0 Å². The molecule has 3 nitrogen and oxygen atoms in total. The lowest BCUT2D eigenvalue weighted by molar-refractivity contribution is -0.210. The van der Waals surface area contributed by atoms with Gasteiger partial charge in [-0.05, 0) is 72.7 Å². The highest BCUT2D eigenvalue weighted by Gasteiger charge is 2.69. The van der Waals surface area contributed by atoms with Crippen molar-refractivity contribution in [1.82, 2.24) is 0 Å². The normalized spacial score (nSPS) is 50.8. The third kappa shape index (κ3) is 2.23. The van der Waals surface area contributed by atoms with Crippen molar-refractivity contribution in [3.05, 3.63) is 12.2 Å². The van der Waals surface area contributed by atoms with Crippen LogP contribution in [0.4, 0.5) is 0 Å². The Hall–Kier alpha value is -0.830. The van der Waals surface area contributed by atoms with Gasteiger partial charge >= 0.3 is 5.97 Å². The summed E-state index contributed by atoms with van der Waals surface area (Å²) in [7, 11) is 0. The molecule has 0 heterocycles. The lowest BCUT2D eigenvalue weighted by atomic mass is 9.40. The number of hydrogen-bond donors (Lipinski definition) is 1. The summed E-state index contributed by atoms with van der Waals surface area (Å²) in [6.07, 6.45) is 7.32. The first-order valence-corrected chi connectivity index (χ1v) is 10.2. The van der Waals surface area contributed by atoms with Crippen LogP contribution in [0, 0.1) is 34.0 Å². The van der Waals surface area contributed by atoms with Crippen molar-refractivity contribution in [3.63, 3.8) is 0 Å². The maximum atomic E-state index is 11.8. The van der Waals surface area contributed by atoms with Crippen LogP contribution in [0.5, 0.6) is 0 Å². The van der Waals surface area contributed by atoms with E-state index >= 15 is 0 Å². The second kappa shape index (κ2) is 5.34. The highest BCUT2D eigenvalue weighted by molar-refractivity contribution is 5.67. The van der Waals surface area contributed by atoms with Crippen molar-refractivity contribution in [2.24, 2.45) is 34.0 Å². The maximum Gasteiger partial charge on any atom is 0.303 e. The van der Waals surface area contributed by atoms with Gasteiger partial charge in [0.1, 0.15) is 6.10 Å². The third-order valence-corrected chi connectivity index (χ3v) is 8.71. The number of esters is 1. The standard InChI is InChI=1S/C22H34O3/c1-13-15-11-16(24)18-21(5)9-6-8-20(3,4)17(21)7-10-22(18,12-15)19(13)25-14(2)23/h15-19,24H,1,6-12H2,2-5H3/t15-,16-,17+,18+,19-,21-,22-/m1/s1. The average molecular weight is 347 g/mol. The molecule has 0 radical (unpaired) electrons. The van der Waals surface area contributed by atoms with E-state index < -0.39 is 0 Å². The van der Waals surface area contributed by atoms with Gasteiger partial charge in [0.2, 0.25) is 0 Å². The minimum atomic E-state index is -0.294. The molecule has 0 aromatic heterocycles. The molecule has 3 heteroatoms. The highest BCUT2D eigenvalue weighted by atomic mass is 16.5. The summed E-state index contributed by atoms with van der Waals surface area (Å²) in [6.45, 7) is 13.1. The van der Waals surface area contributed by atoms with Crippen molar-refractivity contribution in [3.8, 4) is 0 Å². The summed E-state index contributed by atoms with van der Waals surface area (Å²) in [6, 6.07) is 0. The molecular weight excluding hydrogens is 312 g/mol. The van der Waals surface area contributed by atoms with Crippen LogP contribution in [-0.4, -0.2) is 23.3 Å². The van der Waals surface area contributed by atoms with Crippen LogP contribution in [0.15, 0.2) is 12.2 Å². The van der Waals surface area contributed by atoms with E-state index in [-0.39, 0.29) is 34.9 Å². The van der Waals surface area contributed by atoms with Crippen LogP contribution in [0.3, 0.4) is 0 Å². The molecule has 1 spiro atoms. The lowest BCUT2D eigenvalue weighted by Crippen LogP contribution is -2.62. The summed E-state index contributed by atoms with van der Waals surface area (Å²) in [5.74, 6) is 0.963. The Kier molecular flexibility index (Phi) is 3.76. The van der Waals surface area contributed by atoms with Crippen LogP contribution in [0.1, 0.15) is 72.6 Å². The molecule has 4 saturated carbocycles. The van der Waals surface area contributed by atoms with E-state index in [2.05, 4.69) is 27.4 Å². The Morgan fingerprint density at radius 3 is 2.64 bits per heavy atom. The molecule has 0 aromatic rings. The molecule has 4 aliphatic rings. The van der Waals surface area contributed by atoms with Gasteiger partial charge in [-0.25, -0.2) is 0 Å². The van der Waals surface area contributed by atoms with Crippen LogP contribution in [0.25, 0.3) is 0 Å². The first-order valence-electron chi connectivity index (χ1n) is 10.2. The average Bonchev–Trinajstić information content (AvgIpc) is 2.67. The van der Waals surface area contributed by atoms with Gasteiger partial charge in [0.15, 0.2) is 0 Å². The molecule has 4 rings (SSSR count). The molecule has 140 valence electrons. The molecule has 0 saturated heterocycles. The van der Waals surface area contributed by atoms with Gasteiger partial charge in [-0.1, -0.05) is 33.8 Å². The molecule has 25 heavy (non-hydrogen) atoms. The van der Waals surface area contributed by atoms with Gasteiger partial charge in [0.05, 0.1) is 6.10 Å². The second-order valence-electron chi connectivity index (χ2n) is 10.4. The fourth-order valence-corrected chi connectivity index (χ4v) is 8.13. The molecular formula is C22H34O3. The molecule has 0 amide bonds. The van der Waals surface area contributed by atoms with E-state index in [0.29, 0.717) is 17.3 Å². The van der Waals surface area contributed by atoms with E-state index in [1.54, 1.807) is 0 Å². The number of aliphatic hydroxyl groups excluding tert-OH is 1. The quantitative estimate of drug-likeness (QED) is 0.562. The van der Waals surface area contributed by atoms with E-state index in [9.17, 15) is 9.90 Å². The van der Waals surface area contributed by atoms with Crippen LogP contribution >= 0.6 is 0 Å². The van der Waals surface area contributed by atoms with Crippen molar-refractivity contribution in [1.29, 1.82) is 0 Å². The molecule has 4 fully saturated rings. The Morgan fingerprint density at radius 2 is 1.96 bits per heavy atom. The zero-order chi connectivity index (χ0) is 18.2. The smallest absolute Gasteiger partial charge is 0.303 e. The van der Waals surface area contributed by atoms with E-state index in [4.69, 9.17) is 4.74 Å². The topological polar surface area (TPSA) is 46.5 Å². The Morgan fingerprint density at radius 1 is 1.24 bits per heavy atom. The van der Waals surface area contributed by atoms with E-state index in [1.807, 2.05) is 0 Å². The molecule has 0 unspecified atom stereocenters. The van der Waals surface area contributed by atoms with Crippen LogP contribution in [-0.2, 0) is 9.53 Å². The number of ether oxygens (including phenoxy) is 1. The van der Waals surface area contributed by atoms with Gasteiger partial charge < -0.3 is 9.84 Å². The Labute approximate surface area is 152 Å². The van der Waals surface area contributed by atoms with Gasteiger partial charge in [-0.2, -0.15) is 0 Å².